The van der Waals surface area contributed by atoms with Crippen molar-refractivity contribution in [1.82, 2.24) is 19.7 Å². The number of amides is 1. The van der Waals surface area contributed by atoms with Gasteiger partial charge >= 0.3 is 5.97 Å². The van der Waals surface area contributed by atoms with Crippen LogP contribution in [0.4, 0.5) is 10.1 Å². The van der Waals surface area contributed by atoms with Crippen molar-refractivity contribution >= 4 is 29.3 Å². The Morgan fingerprint density at radius 3 is 2.33 bits per heavy atom. The van der Waals surface area contributed by atoms with Crippen molar-refractivity contribution in [3.8, 4) is 16.9 Å². The second-order valence-electron chi connectivity index (χ2n) is 8.91. The minimum Gasteiger partial charge on any atom is -0.461 e. The summed E-state index contributed by atoms with van der Waals surface area (Å²) in [7, 11) is 0. The summed E-state index contributed by atoms with van der Waals surface area (Å²) < 4.78 is 20.3. The highest BCUT2D eigenvalue weighted by atomic mass is 32.2. The van der Waals surface area contributed by atoms with E-state index in [9.17, 15) is 14.0 Å². The molecule has 200 valence electrons. The average Bonchev–Trinajstić information content (AvgIpc) is 3.43. The van der Waals surface area contributed by atoms with Crippen molar-refractivity contribution in [3.05, 3.63) is 90.0 Å². The lowest BCUT2D eigenvalue weighted by molar-refractivity contribution is 0.0518. The van der Waals surface area contributed by atoms with Gasteiger partial charge in [0.25, 0.3) is 5.91 Å². The van der Waals surface area contributed by atoms with Crippen molar-refractivity contribution in [3.63, 3.8) is 0 Å². The molecule has 1 saturated heterocycles. The summed E-state index contributed by atoms with van der Waals surface area (Å²) in [6.07, 6.45) is 3.62. The number of aromatic nitrogens is 3. The van der Waals surface area contributed by atoms with Gasteiger partial charge in [-0.2, -0.15) is 5.10 Å². The Bertz CT molecular complexity index is 1470. The Kier molecular flexibility index (Phi) is 7.92. The van der Waals surface area contributed by atoms with E-state index in [0.717, 1.165) is 16.3 Å². The van der Waals surface area contributed by atoms with Crippen LogP contribution < -0.4 is 4.90 Å². The molecule has 1 aliphatic heterocycles. The van der Waals surface area contributed by atoms with Gasteiger partial charge in [0.1, 0.15) is 10.8 Å². The molecule has 2 aromatic heterocycles. The van der Waals surface area contributed by atoms with Crippen molar-refractivity contribution in [1.29, 1.82) is 0 Å². The van der Waals surface area contributed by atoms with Gasteiger partial charge in [-0.05, 0) is 67.8 Å². The van der Waals surface area contributed by atoms with E-state index < -0.39 is 5.97 Å². The van der Waals surface area contributed by atoms with Gasteiger partial charge in [0.15, 0.2) is 5.69 Å². The molecule has 0 radical (unpaired) electrons. The number of anilines is 1. The second-order valence-corrected chi connectivity index (χ2v) is 9.70. The number of esters is 1. The summed E-state index contributed by atoms with van der Waals surface area (Å²) in [4.78, 5) is 33.9. The Morgan fingerprint density at radius 1 is 0.974 bits per heavy atom. The SMILES string of the molecule is CCOC(=O)c1cc(-c2ccc(N3CCN(C(=O)c4cccnc4SC)CC3)cc2)n(-c2ccc(F)cc2)n1. The van der Waals surface area contributed by atoms with E-state index in [4.69, 9.17) is 4.74 Å². The number of carbonyl (C=O) groups excluding carboxylic acids is 2. The topological polar surface area (TPSA) is 80.6 Å². The van der Waals surface area contributed by atoms with Gasteiger partial charge in [0.05, 0.1) is 23.6 Å². The Morgan fingerprint density at radius 2 is 1.67 bits per heavy atom. The Labute approximate surface area is 230 Å². The first-order valence-corrected chi connectivity index (χ1v) is 13.9. The van der Waals surface area contributed by atoms with Crippen LogP contribution in [0.2, 0.25) is 0 Å². The molecule has 3 heterocycles. The van der Waals surface area contributed by atoms with E-state index in [2.05, 4.69) is 15.0 Å². The number of nitrogens with zero attached hydrogens (tertiary/aromatic N) is 5. The van der Waals surface area contributed by atoms with Crippen molar-refractivity contribution in [2.75, 3.05) is 43.9 Å². The van der Waals surface area contributed by atoms with Gasteiger partial charge in [-0.25, -0.2) is 18.9 Å². The van der Waals surface area contributed by atoms with Gasteiger partial charge in [0, 0.05) is 43.6 Å². The van der Waals surface area contributed by atoms with Crippen LogP contribution in [0.15, 0.2) is 78.0 Å². The molecule has 0 aliphatic carbocycles. The van der Waals surface area contributed by atoms with Crippen LogP contribution in [0.5, 0.6) is 0 Å². The molecule has 1 aliphatic rings. The first kappa shape index (κ1) is 26.4. The molecule has 1 fully saturated rings. The van der Waals surface area contributed by atoms with Gasteiger partial charge in [0.2, 0.25) is 0 Å². The quantitative estimate of drug-likeness (QED) is 0.241. The highest BCUT2D eigenvalue weighted by molar-refractivity contribution is 7.98. The van der Waals surface area contributed by atoms with E-state index in [1.165, 1.54) is 23.9 Å². The molecule has 0 saturated carbocycles. The first-order valence-electron chi connectivity index (χ1n) is 12.6. The van der Waals surface area contributed by atoms with Gasteiger partial charge in [-0.3, -0.25) is 4.79 Å². The lowest BCUT2D eigenvalue weighted by Gasteiger charge is -2.36. The highest BCUT2D eigenvalue weighted by Crippen LogP contribution is 2.28. The van der Waals surface area contributed by atoms with E-state index >= 15 is 0 Å². The molecule has 0 unspecified atom stereocenters. The zero-order valence-corrected chi connectivity index (χ0v) is 22.5. The standard InChI is InChI=1S/C29H28FN5O3S/c1-3-38-29(37)25-19-26(35(32-25)23-12-8-21(30)9-13-23)20-6-10-22(11-7-20)33-15-17-34(18-16-33)28(36)24-5-4-14-31-27(24)39-2/h4-14,19H,3,15-18H2,1-2H3. The molecule has 0 N–H and O–H groups in total. The summed E-state index contributed by atoms with van der Waals surface area (Å²) in [5.74, 6) is -0.858. The number of pyridine rings is 1. The molecule has 0 spiro atoms. The van der Waals surface area contributed by atoms with E-state index in [1.807, 2.05) is 41.5 Å². The number of hydrogen-bond donors (Lipinski definition) is 0. The summed E-state index contributed by atoms with van der Waals surface area (Å²) >= 11 is 1.47. The Balaban J connectivity index is 1.33. The van der Waals surface area contributed by atoms with Crippen molar-refractivity contribution in [2.45, 2.75) is 11.9 Å². The molecule has 2 aromatic carbocycles. The summed E-state index contributed by atoms with van der Waals surface area (Å²) in [6, 6.07) is 19.2. The third-order valence-corrected chi connectivity index (χ3v) is 7.27. The smallest absolute Gasteiger partial charge is 0.358 e. The van der Waals surface area contributed by atoms with E-state index in [-0.39, 0.29) is 24.0 Å². The number of ether oxygens (including phenoxy) is 1. The molecule has 0 bridgehead atoms. The third-order valence-electron chi connectivity index (χ3n) is 6.56. The number of thioether (sulfide) groups is 1. The lowest BCUT2D eigenvalue weighted by atomic mass is 10.1. The Hall–Kier alpha value is -4.18. The first-order chi connectivity index (χ1) is 19.0. The van der Waals surface area contributed by atoms with Crippen molar-refractivity contribution in [2.24, 2.45) is 0 Å². The monoisotopic (exact) mass is 545 g/mol. The number of hydrogen-bond acceptors (Lipinski definition) is 7. The fourth-order valence-electron chi connectivity index (χ4n) is 4.57. The molecule has 39 heavy (non-hydrogen) atoms. The van der Waals surface area contributed by atoms with E-state index in [0.29, 0.717) is 43.1 Å². The molecular weight excluding hydrogens is 517 g/mol. The second kappa shape index (κ2) is 11.7. The minimum atomic E-state index is -0.514. The fraction of sp³-hybridized carbons (Fsp3) is 0.241. The predicted octanol–water partition coefficient (Wildman–Crippen LogP) is 4.93. The fourth-order valence-corrected chi connectivity index (χ4v) is 5.11. The molecule has 10 heteroatoms. The maximum atomic E-state index is 13.5. The average molecular weight is 546 g/mol. The third kappa shape index (κ3) is 5.65. The predicted molar refractivity (Wildman–Crippen MR) is 149 cm³/mol. The zero-order valence-electron chi connectivity index (χ0n) is 21.7. The van der Waals surface area contributed by atoms with E-state index in [1.54, 1.807) is 42.1 Å². The molecule has 1 amide bonds. The van der Waals surface area contributed by atoms with Crippen LogP contribution >= 0.6 is 11.8 Å². The van der Waals surface area contributed by atoms with Crippen LogP contribution in [0.1, 0.15) is 27.8 Å². The normalized spacial score (nSPS) is 13.4. The number of piperazine rings is 1. The lowest BCUT2D eigenvalue weighted by Crippen LogP contribution is -2.48. The molecule has 5 rings (SSSR count). The minimum absolute atomic E-state index is 0.00825. The molecule has 8 nitrogen and oxygen atoms in total. The maximum absolute atomic E-state index is 13.5. The number of carbonyl (C=O) groups is 2. The number of benzene rings is 2. The summed E-state index contributed by atoms with van der Waals surface area (Å²) in [5, 5.41) is 5.19. The number of rotatable bonds is 7. The summed E-state index contributed by atoms with van der Waals surface area (Å²) in [5.41, 5.74) is 4.02. The van der Waals surface area contributed by atoms with Gasteiger partial charge in [-0.1, -0.05) is 12.1 Å². The highest BCUT2D eigenvalue weighted by Gasteiger charge is 2.24. The van der Waals surface area contributed by atoms with Crippen LogP contribution in [-0.4, -0.2) is 70.6 Å². The number of halogens is 1. The molecular formula is C29H28FN5O3S. The largest absolute Gasteiger partial charge is 0.461 e. The molecule has 4 aromatic rings. The molecule has 0 atom stereocenters. The van der Waals surface area contributed by atoms with Gasteiger partial charge in [-0.15, -0.1) is 11.8 Å². The van der Waals surface area contributed by atoms with Crippen LogP contribution in [0.25, 0.3) is 16.9 Å². The van der Waals surface area contributed by atoms with Crippen LogP contribution in [0, 0.1) is 5.82 Å². The van der Waals surface area contributed by atoms with Crippen LogP contribution in [-0.2, 0) is 4.74 Å². The zero-order chi connectivity index (χ0) is 27.4. The maximum Gasteiger partial charge on any atom is 0.358 e. The van der Waals surface area contributed by atoms with Crippen molar-refractivity contribution < 1.29 is 18.7 Å². The van der Waals surface area contributed by atoms with Gasteiger partial charge < -0.3 is 14.5 Å². The van der Waals surface area contributed by atoms with Crippen LogP contribution in [0.3, 0.4) is 0 Å². The summed E-state index contributed by atoms with van der Waals surface area (Å²) in [6.45, 7) is 4.63.